The number of carbonyl (C=O) groups excluding carboxylic acids is 6. The van der Waals surface area contributed by atoms with E-state index >= 15 is 0 Å². The highest BCUT2D eigenvalue weighted by Gasteiger charge is 2.31. The molecule has 0 bridgehead atoms. The number of rotatable bonds is 27. The maximum atomic E-state index is 13.9. The van der Waals surface area contributed by atoms with Gasteiger partial charge in [-0.15, -0.1) is 0 Å². The average Bonchev–Trinajstić information content (AvgIpc) is 3.12. The summed E-state index contributed by atoms with van der Waals surface area (Å²) in [6.45, 7) is 4.93. The molecule has 0 spiro atoms. The molecule has 2 rings (SSSR count). The number of phenols is 1. The minimum absolute atomic E-state index is 0.0554. The van der Waals surface area contributed by atoms with E-state index in [1.807, 2.05) is 6.07 Å². The van der Waals surface area contributed by atoms with Crippen LogP contribution < -0.4 is 16.1 Å². The first-order valence-electron chi connectivity index (χ1n) is 17.5. The Morgan fingerprint density at radius 3 is 1.96 bits per heavy atom. The number of benzene rings is 2. The lowest BCUT2D eigenvalue weighted by Crippen LogP contribution is -2.48. The van der Waals surface area contributed by atoms with Crippen molar-refractivity contribution < 1.29 is 53.3 Å². The number of hydroxylamine groups is 1. The highest BCUT2D eigenvalue weighted by Crippen LogP contribution is 2.20. The van der Waals surface area contributed by atoms with E-state index in [-0.39, 0.29) is 62.3 Å². The highest BCUT2D eigenvalue weighted by atomic mass is 16.5. The number of carbonyl (C=O) groups is 6. The first-order chi connectivity index (χ1) is 24.9. The molecule has 14 nitrogen and oxygen atoms in total. The SMILES string of the molecule is COCCOCCOCCCC(=O)[C@@H](C)NC(=O)[C@H](CCC(=O)NO)CC(=O)[C@@H](Cc1ccccc1)NC(=O)[C@@H](CC(C)=O)Cc1ccc(O)cc1. The molecule has 0 aliphatic heterocycles. The second-order valence-corrected chi connectivity index (χ2v) is 12.7. The van der Waals surface area contributed by atoms with E-state index in [0.29, 0.717) is 45.0 Å². The van der Waals surface area contributed by atoms with E-state index in [0.717, 1.165) is 5.56 Å². The second-order valence-electron chi connectivity index (χ2n) is 12.7. The molecular weight excluding hydrogens is 674 g/mol. The molecule has 0 aliphatic carbocycles. The van der Waals surface area contributed by atoms with Gasteiger partial charge in [-0.2, -0.15) is 0 Å². The van der Waals surface area contributed by atoms with Gasteiger partial charge < -0.3 is 34.7 Å². The van der Waals surface area contributed by atoms with Crippen LogP contribution in [0.1, 0.15) is 63.5 Å². The van der Waals surface area contributed by atoms with Crippen molar-refractivity contribution in [2.24, 2.45) is 11.8 Å². The zero-order valence-electron chi connectivity index (χ0n) is 30.3. The Hall–Kier alpha value is -4.50. The first-order valence-corrected chi connectivity index (χ1v) is 17.5. The predicted octanol–water partition coefficient (Wildman–Crippen LogP) is 2.65. The molecule has 0 aromatic heterocycles. The molecule has 286 valence electrons. The van der Waals surface area contributed by atoms with Crippen molar-refractivity contribution in [3.05, 3.63) is 65.7 Å². The molecule has 4 atom stereocenters. The van der Waals surface area contributed by atoms with Crippen LogP contribution >= 0.6 is 0 Å². The summed E-state index contributed by atoms with van der Waals surface area (Å²) in [5.41, 5.74) is 2.97. The van der Waals surface area contributed by atoms with Gasteiger partial charge in [0, 0.05) is 51.2 Å². The third kappa shape index (κ3) is 17.6. The number of phenolic OH excluding ortho intramolecular Hbond substituents is 1. The van der Waals surface area contributed by atoms with E-state index in [1.54, 1.807) is 43.5 Å². The third-order valence-corrected chi connectivity index (χ3v) is 8.33. The summed E-state index contributed by atoms with van der Waals surface area (Å²) in [6.07, 6.45) is -0.0158. The summed E-state index contributed by atoms with van der Waals surface area (Å²) >= 11 is 0. The van der Waals surface area contributed by atoms with Gasteiger partial charge in [-0.05, 0) is 62.8 Å². The lowest BCUT2D eigenvalue weighted by molar-refractivity contribution is -0.135. The number of amides is 3. The third-order valence-electron chi connectivity index (χ3n) is 8.33. The van der Waals surface area contributed by atoms with Crippen molar-refractivity contribution in [1.29, 1.82) is 0 Å². The lowest BCUT2D eigenvalue weighted by Gasteiger charge is -2.24. The molecule has 5 N–H and O–H groups in total. The molecular formula is C38H53N3O11. The van der Waals surface area contributed by atoms with E-state index in [1.165, 1.54) is 31.5 Å². The minimum Gasteiger partial charge on any atom is -0.508 e. The molecule has 2 aromatic carbocycles. The molecule has 3 amide bonds. The van der Waals surface area contributed by atoms with Crippen molar-refractivity contribution in [1.82, 2.24) is 16.1 Å². The van der Waals surface area contributed by atoms with Gasteiger partial charge in [0.15, 0.2) is 11.6 Å². The zero-order chi connectivity index (χ0) is 38.3. The lowest BCUT2D eigenvalue weighted by atomic mass is 9.89. The molecule has 2 aromatic rings. The van der Waals surface area contributed by atoms with Gasteiger partial charge in [-0.3, -0.25) is 29.2 Å². The molecule has 0 radical (unpaired) electrons. The van der Waals surface area contributed by atoms with E-state index in [4.69, 9.17) is 19.4 Å². The fourth-order valence-corrected chi connectivity index (χ4v) is 5.42. The Morgan fingerprint density at radius 2 is 1.33 bits per heavy atom. The number of Topliss-reactive ketones (excluding diaryl/α,β-unsaturated/α-hetero) is 3. The summed E-state index contributed by atoms with van der Waals surface area (Å²) < 4.78 is 15.7. The van der Waals surface area contributed by atoms with Crippen LogP contribution in [-0.4, -0.2) is 97.6 Å². The van der Waals surface area contributed by atoms with E-state index in [9.17, 15) is 33.9 Å². The molecule has 0 heterocycles. The van der Waals surface area contributed by atoms with E-state index < -0.39 is 47.4 Å². The maximum absolute atomic E-state index is 13.9. The molecule has 0 aliphatic rings. The van der Waals surface area contributed by atoms with Gasteiger partial charge in [0.1, 0.15) is 11.5 Å². The second kappa shape index (κ2) is 24.6. The number of nitrogens with one attached hydrogen (secondary N) is 3. The van der Waals surface area contributed by atoms with Gasteiger partial charge in [0.25, 0.3) is 0 Å². The molecule has 52 heavy (non-hydrogen) atoms. The number of methoxy groups -OCH3 is 1. The quantitative estimate of drug-likeness (QED) is 0.0514. The minimum atomic E-state index is -1.09. The largest absolute Gasteiger partial charge is 0.508 e. The van der Waals surface area contributed by atoms with Crippen molar-refractivity contribution in [3.63, 3.8) is 0 Å². The van der Waals surface area contributed by atoms with Crippen molar-refractivity contribution >= 4 is 35.1 Å². The number of hydrogen-bond donors (Lipinski definition) is 5. The Morgan fingerprint density at radius 1 is 0.712 bits per heavy atom. The number of ketones is 3. The first kappa shape index (κ1) is 43.7. The summed E-state index contributed by atoms with van der Waals surface area (Å²) in [4.78, 5) is 77.9. The number of ether oxygens (including phenoxy) is 3. The van der Waals surface area contributed by atoms with Crippen LogP contribution in [0, 0.1) is 11.8 Å². The fourth-order valence-electron chi connectivity index (χ4n) is 5.42. The van der Waals surface area contributed by atoms with Crippen LogP contribution in [-0.2, 0) is 55.8 Å². The van der Waals surface area contributed by atoms with Crippen LogP contribution in [0.25, 0.3) is 0 Å². The Kier molecular flexibility index (Phi) is 20.7. The van der Waals surface area contributed by atoms with Gasteiger partial charge in [-0.1, -0.05) is 42.5 Å². The van der Waals surface area contributed by atoms with Gasteiger partial charge in [-0.25, -0.2) is 5.48 Å². The molecule has 0 fully saturated rings. The fraction of sp³-hybridized carbons (Fsp3) is 0.526. The van der Waals surface area contributed by atoms with Crippen LogP contribution in [0.4, 0.5) is 0 Å². The van der Waals surface area contributed by atoms with Crippen LogP contribution in [0.5, 0.6) is 5.75 Å². The van der Waals surface area contributed by atoms with Crippen molar-refractivity contribution in [2.75, 3.05) is 40.1 Å². The van der Waals surface area contributed by atoms with E-state index in [2.05, 4.69) is 10.6 Å². The average molecular weight is 728 g/mol. The Labute approximate surface area is 304 Å². The smallest absolute Gasteiger partial charge is 0.243 e. The van der Waals surface area contributed by atoms with Gasteiger partial charge >= 0.3 is 0 Å². The van der Waals surface area contributed by atoms with Gasteiger partial charge in [0.2, 0.25) is 17.7 Å². The topological polar surface area (TPSA) is 207 Å². The van der Waals surface area contributed by atoms with Crippen LogP contribution in [0.2, 0.25) is 0 Å². The zero-order valence-corrected chi connectivity index (χ0v) is 30.3. The van der Waals surface area contributed by atoms with Crippen molar-refractivity contribution in [2.45, 2.75) is 77.3 Å². The molecule has 14 heteroatoms. The summed E-state index contributed by atoms with van der Waals surface area (Å²) in [5, 5.41) is 24.2. The van der Waals surface area contributed by atoms with Crippen molar-refractivity contribution in [3.8, 4) is 5.75 Å². The van der Waals surface area contributed by atoms with Crippen LogP contribution in [0.3, 0.4) is 0 Å². The van der Waals surface area contributed by atoms with Gasteiger partial charge in [0.05, 0.1) is 38.5 Å². The Bertz CT molecular complexity index is 1420. The summed E-state index contributed by atoms with van der Waals surface area (Å²) in [7, 11) is 1.58. The van der Waals surface area contributed by atoms with Crippen LogP contribution in [0.15, 0.2) is 54.6 Å². The molecule has 0 saturated carbocycles. The standard InChI is InChI=1S/C38H53N3O11/c1-26(42)22-31(23-29-11-14-32(43)15-12-29)38(48)40-33(24-28-8-5-4-6-9-28)35(45)25-30(13-16-36(46)41-49)37(47)39-27(2)34(44)10-7-17-51-20-21-52-19-18-50-3/h4-6,8-9,11-12,14-15,27,30-31,33,43,49H,7,10,13,16-25H2,1-3H3,(H,39,47)(H,40,48)(H,41,46)/t27-,30-,31+,33-/m1/s1. The summed E-state index contributed by atoms with van der Waals surface area (Å²) in [6, 6.07) is 13.3. The molecule has 0 saturated heterocycles. The number of hydrogen-bond acceptors (Lipinski definition) is 11. The normalized spacial score (nSPS) is 13.3. The Balaban J connectivity index is 2.14. The predicted molar refractivity (Wildman–Crippen MR) is 190 cm³/mol. The molecule has 0 unspecified atom stereocenters. The number of aromatic hydroxyl groups is 1. The highest BCUT2D eigenvalue weighted by molar-refractivity contribution is 5.95. The monoisotopic (exact) mass is 727 g/mol. The summed E-state index contributed by atoms with van der Waals surface area (Å²) in [5.74, 6) is -4.69. The maximum Gasteiger partial charge on any atom is 0.243 e.